The molecule has 1 saturated carbocycles. The maximum atomic E-state index is 5.84. The highest BCUT2D eigenvalue weighted by molar-refractivity contribution is 4.87. The van der Waals surface area contributed by atoms with Crippen LogP contribution in [0, 0.1) is 11.8 Å². The molecule has 2 heteroatoms. The molecule has 1 aliphatic carbocycles. The molecule has 0 bridgehead atoms. The Morgan fingerprint density at radius 1 is 1.12 bits per heavy atom. The molecule has 0 amide bonds. The molecule has 1 aliphatic heterocycles. The van der Waals surface area contributed by atoms with Gasteiger partial charge >= 0.3 is 0 Å². The van der Waals surface area contributed by atoms with Crippen LogP contribution in [-0.2, 0) is 0 Å². The Bertz CT molecular complexity index is 217. The molecular weight excluding hydrogens is 196 g/mol. The SMILES string of the molecule is CC1CCCN(C2CCCC(CN)C2)C1C. The standard InChI is InChI=1S/C14H28N2/c1-11-5-4-8-16(12(11)2)14-7-3-6-13(9-14)10-15/h11-14H,3-10,15H2,1-2H3. The minimum atomic E-state index is 0.787. The molecular formula is C14H28N2. The van der Waals surface area contributed by atoms with Crippen molar-refractivity contribution in [2.75, 3.05) is 13.1 Å². The summed E-state index contributed by atoms with van der Waals surface area (Å²) < 4.78 is 0. The number of likely N-dealkylation sites (tertiary alicyclic amines) is 1. The molecule has 94 valence electrons. The van der Waals surface area contributed by atoms with E-state index in [1.807, 2.05) is 0 Å². The fraction of sp³-hybridized carbons (Fsp3) is 1.00. The molecule has 2 rings (SSSR count). The number of nitrogens with zero attached hydrogens (tertiary/aromatic N) is 1. The van der Waals surface area contributed by atoms with Crippen molar-refractivity contribution in [3.63, 3.8) is 0 Å². The zero-order valence-corrected chi connectivity index (χ0v) is 11.0. The van der Waals surface area contributed by atoms with Crippen LogP contribution in [0.4, 0.5) is 0 Å². The van der Waals surface area contributed by atoms with Gasteiger partial charge in [-0.2, -0.15) is 0 Å². The van der Waals surface area contributed by atoms with Crippen molar-refractivity contribution >= 4 is 0 Å². The van der Waals surface area contributed by atoms with Crippen LogP contribution in [0.2, 0.25) is 0 Å². The second kappa shape index (κ2) is 5.50. The average Bonchev–Trinajstić information content (AvgIpc) is 2.33. The second-order valence-electron chi connectivity index (χ2n) is 6.02. The summed E-state index contributed by atoms with van der Waals surface area (Å²) in [5.41, 5.74) is 5.84. The summed E-state index contributed by atoms with van der Waals surface area (Å²) in [7, 11) is 0. The van der Waals surface area contributed by atoms with Gasteiger partial charge in [-0.25, -0.2) is 0 Å². The van der Waals surface area contributed by atoms with Crippen LogP contribution in [0.1, 0.15) is 52.4 Å². The van der Waals surface area contributed by atoms with E-state index in [9.17, 15) is 0 Å². The van der Waals surface area contributed by atoms with Crippen LogP contribution in [-0.4, -0.2) is 30.1 Å². The van der Waals surface area contributed by atoms with Crippen molar-refractivity contribution in [3.05, 3.63) is 0 Å². The summed E-state index contributed by atoms with van der Waals surface area (Å²) in [5, 5.41) is 0. The number of hydrogen-bond donors (Lipinski definition) is 1. The minimum Gasteiger partial charge on any atom is -0.330 e. The summed E-state index contributed by atoms with van der Waals surface area (Å²) in [5.74, 6) is 1.68. The molecule has 16 heavy (non-hydrogen) atoms. The normalized spacial score (nSPS) is 42.2. The first-order chi connectivity index (χ1) is 7.72. The summed E-state index contributed by atoms with van der Waals surface area (Å²) in [6, 6.07) is 1.62. The minimum absolute atomic E-state index is 0.787. The van der Waals surface area contributed by atoms with Gasteiger partial charge in [0.15, 0.2) is 0 Å². The molecule has 4 atom stereocenters. The third-order valence-corrected chi connectivity index (χ3v) is 4.98. The topological polar surface area (TPSA) is 29.3 Å². The smallest absolute Gasteiger partial charge is 0.0101 e. The van der Waals surface area contributed by atoms with Gasteiger partial charge in [-0.05, 0) is 64.0 Å². The Labute approximate surface area is 101 Å². The number of nitrogens with two attached hydrogens (primary N) is 1. The summed E-state index contributed by atoms with van der Waals surface area (Å²) in [6.07, 6.45) is 8.34. The van der Waals surface area contributed by atoms with E-state index < -0.39 is 0 Å². The van der Waals surface area contributed by atoms with E-state index in [2.05, 4.69) is 18.7 Å². The predicted octanol–water partition coefficient (Wildman–Crippen LogP) is 2.62. The molecule has 1 saturated heterocycles. The third-order valence-electron chi connectivity index (χ3n) is 4.98. The van der Waals surface area contributed by atoms with Gasteiger partial charge in [-0.3, -0.25) is 4.90 Å². The molecule has 2 N–H and O–H groups in total. The molecule has 0 spiro atoms. The molecule has 4 unspecified atom stereocenters. The molecule has 2 aliphatic rings. The maximum Gasteiger partial charge on any atom is 0.0101 e. The van der Waals surface area contributed by atoms with Gasteiger partial charge in [0.2, 0.25) is 0 Å². The zero-order chi connectivity index (χ0) is 11.5. The van der Waals surface area contributed by atoms with Gasteiger partial charge in [0, 0.05) is 12.1 Å². The Morgan fingerprint density at radius 2 is 1.94 bits per heavy atom. The highest BCUT2D eigenvalue weighted by Gasteiger charge is 2.32. The largest absolute Gasteiger partial charge is 0.330 e. The van der Waals surface area contributed by atoms with E-state index in [1.165, 1.54) is 45.1 Å². The van der Waals surface area contributed by atoms with Crippen LogP contribution >= 0.6 is 0 Å². The van der Waals surface area contributed by atoms with Crippen LogP contribution in [0.3, 0.4) is 0 Å². The van der Waals surface area contributed by atoms with Gasteiger partial charge in [-0.1, -0.05) is 13.3 Å². The van der Waals surface area contributed by atoms with Gasteiger partial charge in [-0.15, -0.1) is 0 Å². The predicted molar refractivity (Wildman–Crippen MR) is 69.4 cm³/mol. The molecule has 1 heterocycles. The quantitative estimate of drug-likeness (QED) is 0.781. The monoisotopic (exact) mass is 224 g/mol. The highest BCUT2D eigenvalue weighted by Crippen LogP contribution is 2.32. The van der Waals surface area contributed by atoms with Crippen LogP contribution in [0.25, 0.3) is 0 Å². The lowest BCUT2D eigenvalue weighted by atomic mass is 9.82. The Morgan fingerprint density at radius 3 is 2.69 bits per heavy atom. The zero-order valence-electron chi connectivity index (χ0n) is 11.0. The summed E-state index contributed by atoms with van der Waals surface area (Å²) >= 11 is 0. The van der Waals surface area contributed by atoms with E-state index in [4.69, 9.17) is 5.73 Å². The van der Waals surface area contributed by atoms with Crippen LogP contribution in [0.15, 0.2) is 0 Å². The second-order valence-corrected chi connectivity index (χ2v) is 6.02. The lowest BCUT2D eigenvalue weighted by Crippen LogP contribution is -2.50. The van der Waals surface area contributed by atoms with Crippen LogP contribution < -0.4 is 5.73 Å². The van der Waals surface area contributed by atoms with Crippen LogP contribution in [0.5, 0.6) is 0 Å². The molecule has 0 aromatic carbocycles. The first-order valence-electron chi connectivity index (χ1n) is 7.18. The Kier molecular flexibility index (Phi) is 4.26. The highest BCUT2D eigenvalue weighted by atomic mass is 15.2. The van der Waals surface area contributed by atoms with Crippen molar-refractivity contribution in [3.8, 4) is 0 Å². The van der Waals surface area contributed by atoms with Crippen molar-refractivity contribution in [1.29, 1.82) is 0 Å². The van der Waals surface area contributed by atoms with E-state index in [0.29, 0.717) is 0 Å². The number of rotatable bonds is 2. The Balaban J connectivity index is 1.94. The van der Waals surface area contributed by atoms with Crippen molar-refractivity contribution in [1.82, 2.24) is 4.90 Å². The molecule has 2 nitrogen and oxygen atoms in total. The van der Waals surface area contributed by atoms with Gasteiger partial charge in [0.1, 0.15) is 0 Å². The van der Waals surface area contributed by atoms with E-state index in [-0.39, 0.29) is 0 Å². The van der Waals surface area contributed by atoms with Crippen molar-refractivity contribution in [2.24, 2.45) is 17.6 Å². The van der Waals surface area contributed by atoms with E-state index >= 15 is 0 Å². The molecule has 0 aromatic heterocycles. The molecule has 2 fully saturated rings. The van der Waals surface area contributed by atoms with E-state index in [0.717, 1.165) is 30.5 Å². The lowest BCUT2D eigenvalue weighted by molar-refractivity contribution is 0.0398. The van der Waals surface area contributed by atoms with Gasteiger partial charge in [0.05, 0.1) is 0 Å². The first-order valence-corrected chi connectivity index (χ1v) is 7.18. The van der Waals surface area contributed by atoms with Gasteiger partial charge < -0.3 is 5.73 Å². The molecule has 0 aromatic rings. The number of piperidine rings is 1. The maximum absolute atomic E-state index is 5.84. The average molecular weight is 224 g/mol. The fourth-order valence-corrected chi connectivity index (χ4v) is 3.66. The summed E-state index contributed by atoms with van der Waals surface area (Å²) in [4.78, 5) is 2.79. The van der Waals surface area contributed by atoms with Crippen molar-refractivity contribution < 1.29 is 0 Å². The lowest BCUT2D eigenvalue weighted by Gasteiger charge is -2.45. The fourth-order valence-electron chi connectivity index (χ4n) is 3.66. The molecule has 0 radical (unpaired) electrons. The Hall–Kier alpha value is -0.0800. The first kappa shape index (κ1) is 12.4. The third kappa shape index (κ3) is 2.60. The number of hydrogen-bond acceptors (Lipinski definition) is 2. The van der Waals surface area contributed by atoms with E-state index in [1.54, 1.807) is 0 Å². The van der Waals surface area contributed by atoms with Crippen molar-refractivity contribution in [2.45, 2.75) is 64.5 Å². The summed E-state index contributed by atoms with van der Waals surface area (Å²) in [6.45, 7) is 7.07. The van der Waals surface area contributed by atoms with Gasteiger partial charge in [0.25, 0.3) is 0 Å².